The molecule has 1 heterocycles. The molecule has 0 saturated carbocycles. The lowest BCUT2D eigenvalue weighted by molar-refractivity contribution is -0.344. The van der Waals surface area contributed by atoms with E-state index in [1.165, 1.54) is 7.11 Å². The van der Waals surface area contributed by atoms with Crippen molar-refractivity contribution in [1.82, 2.24) is 0 Å². The van der Waals surface area contributed by atoms with Crippen LogP contribution in [0.5, 0.6) is 0 Å². The molecule has 1 fully saturated rings. The summed E-state index contributed by atoms with van der Waals surface area (Å²) in [4.78, 5) is 33.8. The Balaban J connectivity index is 2.82. The average molecular weight is 306 g/mol. The first-order valence-electron chi connectivity index (χ1n) is 6.23. The second kappa shape index (κ2) is 7.34. The summed E-state index contributed by atoms with van der Waals surface area (Å²) in [6.45, 7) is 2.35. The summed E-state index contributed by atoms with van der Waals surface area (Å²) >= 11 is 0. The van der Waals surface area contributed by atoms with Gasteiger partial charge in [-0.3, -0.25) is 9.59 Å². The van der Waals surface area contributed by atoms with Crippen LogP contribution in [0.1, 0.15) is 26.7 Å². The van der Waals surface area contributed by atoms with Crippen LogP contribution >= 0.6 is 0 Å². The number of hydrogen-bond donors (Lipinski definition) is 1. The lowest BCUT2D eigenvalue weighted by Gasteiger charge is -2.38. The van der Waals surface area contributed by atoms with E-state index in [4.69, 9.17) is 14.2 Å². The number of aliphatic hydroxyl groups is 1. The molecule has 1 rings (SSSR count). The molecule has 120 valence electrons. The molecule has 0 aromatic heterocycles. The number of carbonyl (C=O) groups is 3. The Morgan fingerprint density at radius 1 is 1.24 bits per heavy atom. The van der Waals surface area contributed by atoms with Gasteiger partial charge in [0.2, 0.25) is 6.29 Å². The maximum absolute atomic E-state index is 12.0. The zero-order valence-corrected chi connectivity index (χ0v) is 12.0. The summed E-state index contributed by atoms with van der Waals surface area (Å²) in [5, 5.41) is 9.77. The quantitative estimate of drug-likeness (QED) is 0.527. The average Bonchev–Trinajstić information content (AvgIpc) is 2.39. The number of rotatable bonds is 5. The van der Waals surface area contributed by atoms with E-state index >= 15 is 0 Å². The molecule has 2 atom stereocenters. The molecule has 2 unspecified atom stereocenters. The molecule has 9 heteroatoms. The van der Waals surface area contributed by atoms with Gasteiger partial charge in [0.25, 0.3) is 5.79 Å². The fourth-order valence-corrected chi connectivity index (χ4v) is 1.75. The van der Waals surface area contributed by atoms with Crippen LogP contribution in [0.3, 0.4) is 0 Å². The molecule has 1 aliphatic heterocycles. The summed E-state index contributed by atoms with van der Waals surface area (Å²) in [6, 6.07) is 0. The third kappa shape index (κ3) is 4.66. The molecule has 1 saturated heterocycles. The highest BCUT2D eigenvalue weighted by Crippen LogP contribution is 2.29. The Labute approximate surface area is 121 Å². The van der Waals surface area contributed by atoms with Crippen LogP contribution in [-0.4, -0.2) is 55.1 Å². The van der Waals surface area contributed by atoms with E-state index < -0.39 is 36.3 Å². The van der Waals surface area contributed by atoms with Crippen molar-refractivity contribution in [2.75, 3.05) is 13.7 Å². The van der Waals surface area contributed by atoms with Gasteiger partial charge < -0.3 is 28.8 Å². The highest BCUT2D eigenvalue weighted by Gasteiger charge is 2.47. The molecule has 0 spiro atoms. The number of methoxy groups -OCH3 is 1. The smallest absolute Gasteiger partial charge is 0.392 e. The highest BCUT2D eigenvalue weighted by molar-refractivity contribution is 5.80. The molecule has 0 aromatic carbocycles. The third-order valence-corrected chi connectivity index (χ3v) is 2.68. The SMILES string of the molecule is COC1(OC(=O)C(OC(C)=O)OC(C)=O)CCCOC1O. The largest absolute Gasteiger partial charge is 0.422 e. The van der Waals surface area contributed by atoms with Gasteiger partial charge in [-0.15, -0.1) is 0 Å². The minimum Gasteiger partial charge on any atom is -0.422 e. The minimum absolute atomic E-state index is 0.170. The fraction of sp³-hybridized carbons (Fsp3) is 0.750. The number of ether oxygens (including phenoxy) is 5. The van der Waals surface area contributed by atoms with Gasteiger partial charge in [0.05, 0.1) is 6.61 Å². The standard InChI is InChI=1S/C12H18O9/c1-7(13)19-10(20-8(2)14)9(15)21-12(17-3)5-4-6-18-11(12)16/h10-11,16H,4-6H2,1-3H3. The van der Waals surface area contributed by atoms with E-state index in [0.717, 1.165) is 13.8 Å². The van der Waals surface area contributed by atoms with Crippen LogP contribution in [0, 0.1) is 0 Å². The normalized spacial score (nSPS) is 25.3. The predicted octanol–water partition coefficient (Wildman–Crippen LogP) is -0.547. The first kappa shape index (κ1) is 17.3. The van der Waals surface area contributed by atoms with Gasteiger partial charge in [0.15, 0.2) is 0 Å². The Hall–Kier alpha value is -1.71. The van der Waals surface area contributed by atoms with Gasteiger partial charge >= 0.3 is 24.2 Å². The summed E-state index contributed by atoms with van der Waals surface area (Å²) in [5.41, 5.74) is 0. The molecule has 1 aliphatic rings. The van der Waals surface area contributed by atoms with Crippen LogP contribution in [0.15, 0.2) is 0 Å². The van der Waals surface area contributed by atoms with E-state index in [1.54, 1.807) is 0 Å². The van der Waals surface area contributed by atoms with Crippen LogP contribution in [0.2, 0.25) is 0 Å². The molecular weight excluding hydrogens is 288 g/mol. The second-order valence-electron chi connectivity index (χ2n) is 4.31. The van der Waals surface area contributed by atoms with Gasteiger partial charge in [0, 0.05) is 27.4 Å². The van der Waals surface area contributed by atoms with Crippen LogP contribution in [-0.2, 0) is 38.1 Å². The van der Waals surface area contributed by atoms with Crippen molar-refractivity contribution in [3.8, 4) is 0 Å². The van der Waals surface area contributed by atoms with E-state index in [-0.39, 0.29) is 13.0 Å². The van der Waals surface area contributed by atoms with Gasteiger partial charge in [-0.2, -0.15) is 0 Å². The predicted molar refractivity (Wildman–Crippen MR) is 64.3 cm³/mol. The van der Waals surface area contributed by atoms with Gasteiger partial charge in [0.1, 0.15) is 0 Å². The Morgan fingerprint density at radius 2 is 1.81 bits per heavy atom. The molecule has 0 aromatic rings. The van der Waals surface area contributed by atoms with E-state index in [0.29, 0.717) is 6.42 Å². The lowest BCUT2D eigenvalue weighted by atomic mass is 10.1. The molecule has 0 aliphatic carbocycles. The first-order chi connectivity index (χ1) is 9.80. The van der Waals surface area contributed by atoms with Crippen molar-refractivity contribution in [3.05, 3.63) is 0 Å². The van der Waals surface area contributed by atoms with Gasteiger partial charge in [-0.25, -0.2) is 4.79 Å². The summed E-state index contributed by atoms with van der Waals surface area (Å²) < 4.78 is 24.1. The monoisotopic (exact) mass is 306 g/mol. The van der Waals surface area contributed by atoms with Crippen molar-refractivity contribution < 1.29 is 43.2 Å². The fourth-order valence-electron chi connectivity index (χ4n) is 1.75. The number of aliphatic hydroxyl groups excluding tert-OH is 1. The molecule has 0 amide bonds. The first-order valence-corrected chi connectivity index (χ1v) is 6.23. The summed E-state index contributed by atoms with van der Waals surface area (Å²) in [5.74, 6) is -4.62. The molecule has 0 bridgehead atoms. The third-order valence-electron chi connectivity index (χ3n) is 2.68. The maximum atomic E-state index is 12.0. The van der Waals surface area contributed by atoms with Gasteiger partial charge in [-0.05, 0) is 6.42 Å². The van der Waals surface area contributed by atoms with Crippen LogP contribution in [0.25, 0.3) is 0 Å². The summed E-state index contributed by atoms with van der Waals surface area (Å²) in [7, 11) is 1.22. The number of esters is 3. The Kier molecular flexibility index (Phi) is 6.06. The van der Waals surface area contributed by atoms with E-state index in [9.17, 15) is 19.5 Å². The van der Waals surface area contributed by atoms with E-state index in [1.807, 2.05) is 0 Å². The van der Waals surface area contributed by atoms with Crippen LogP contribution in [0.4, 0.5) is 0 Å². The lowest BCUT2D eigenvalue weighted by Crippen LogP contribution is -2.54. The summed E-state index contributed by atoms with van der Waals surface area (Å²) in [6.07, 6.45) is -2.73. The van der Waals surface area contributed by atoms with Crippen molar-refractivity contribution in [2.24, 2.45) is 0 Å². The van der Waals surface area contributed by atoms with Crippen LogP contribution < -0.4 is 0 Å². The number of hydrogen-bond acceptors (Lipinski definition) is 9. The molecule has 21 heavy (non-hydrogen) atoms. The van der Waals surface area contributed by atoms with E-state index in [2.05, 4.69) is 9.47 Å². The molecule has 0 radical (unpaired) electrons. The molecule has 9 nitrogen and oxygen atoms in total. The van der Waals surface area contributed by atoms with Crippen molar-refractivity contribution in [3.63, 3.8) is 0 Å². The topological polar surface area (TPSA) is 118 Å². The second-order valence-corrected chi connectivity index (χ2v) is 4.31. The zero-order valence-electron chi connectivity index (χ0n) is 12.0. The Morgan fingerprint density at radius 3 is 2.24 bits per heavy atom. The highest BCUT2D eigenvalue weighted by atomic mass is 16.8. The van der Waals surface area contributed by atoms with Gasteiger partial charge in [-0.1, -0.05) is 0 Å². The number of carbonyl (C=O) groups excluding carboxylic acids is 3. The maximum Gasteiger partial charge on any atom is 0.392 e. The minimum atomic E-state index is -1.87. The van der Waals surface area contributed by atoms with Crippen molar-refractivity contribution >= 4 is 17.9 Å². The molecule has 1 N–H and O–H groups in total. The Bertz CT molecular complexity index is 392. The molecular formula is C12H18O9. The van der Waals surface area contributed by atoms with Crippen molar-refractivity contribution in [1.29, 1.82) is 0 Å². The zero-order chi connectivity index (χ0) is 16.0. The van der Waals surface area contributed by atoms with Crippen molar-refractivity contribution in [2.45, 2.75) is 45.1 Å².